The number of rotatable bonds is 4. The van der Waals surface area contributed by atoms with Gasteiger partial charge >= 0.3 is 0 Å². The predicted octanol–water partition coefficient (Wildman–Crippen LogP) is 3.35. The summed E-state index contributed by atoms with van der Waals surface area (Å²) in [5, 5.41) is 6.28. The van der Waals surface area contributed by atoms with E-state index in [0.717, 1.165) is 22.7 Å². The van der Waals surface area contributed by atoms with Gasteiger partial charge in [0.05, 0.1) is 0 Å². The van der Waals surface area contributed by atoms with Crippen molar-refractivity contribution < 1.29 is 4.79 Å². The Morgan fingerprint density at radius 1 is 1.37 bits per heavy atom. The van der Waals surface area contributed by atoms with Crippen molar-refractivity contribution in [2.45, 2.75) is 45.6 Å². The van der Waals surface area contributed by atoms with E-state index in [1.54, 1.807) is 7.05 Å². The summed E-state index contributed by atoms with van der Waals surface area (Å²) in [7, 11) is 1.66. The molecule has 0 bridgehead atoms. The van der Waals surface area contributed by atoms with Crippen LogP contribution in [0, 0.1) is 12.8 Å². The van der Waals surface area contributed by atoms with Crippen LogP contribution in [0.4, 0.5) is 5.69 Å². The van der Waals surface area contributed by atoms with Gasteiger partial charge in [-0.15, -0.1) is 0 Å². The smallest absolute Gasteiger partial charge is 0.251 e. The van der Waals surface area contributed by atoms with Crippen LogP contribution in [0.1, 0.15) is 48.5 Å². The van der Waals surface area contributed by atoms with Crippen LogP contribution in [0.15, 0.2) is 18.2 Å². The number of amides is 1. The van der Waals surface area contributed by atoms with Crippen molar-refractivity contribution in [1.82, 2.24) is 5.32 Å². The Labute approximate surface area is 115 Å². The molecule has 19 heavy (non-hydrogen) atoms. The minimum absolute atomic E-state index is 0.0263. The van der Waals surface area contributed by atoms with Crippen LogP contribution in [0.2, 0.25) is 0 Å². The van der Waals surface area contributed by atoms with Crippen molar-refractivity contribution in [3.05, 3.63) is 29.3 Å². The van der Waals surface area contributed by atoms with Crippen LogP contribution in [0.5, 0.6) is 0 Å². The summed E-state index contributed by atoms with van der Waals surface area (Å²) in [6.07, 6.45) is 5.15. The quantitative estimate of drug-likeness (QED) is 0.871. The van der Waals surface area contributed by atoms with Gasteiger partial charge in [-0.05, 0) is 55.9 Å². The Morgan fingerprint density at radius 2 is 2.16 bits per heavy atom. The largest absolute Gasteiger partial charge is 0.382 e. The molecule has 104 valence electrons. The molecule has 1 fully saturated rings. The second-order valence-corrected chi connectivity index (χ2v) is 5.54. The molecule has 0 aliphatic heterocycles. The zero-order valence-electron chi connectivity index (χ0n) is 12.1. The molecule has 1 saturated carbocycles. The fourth-order valence-electron chi connectivity index (χ4n) is 2.91. The molecular formula is C16H24N2O. The van der Waals surface area contributed by atoms with Gasteiger partial charge in [-0.3, -0.25) is 4.79 Å². The number of carbonyl (C=O) groups excluding carboxylic acids is 1. The number of hydrogen-bond acceptors (Lipinski definition) is 2. The molecule has 3 heteroatoms. The first-order valence-corrected chi connectivity index (χ1v) is 7.23. The second kappa shape index (κ2) is 6.09. The van der Waals surface area contributed by atoms with Crippen molar-refractivity contribution in [3.63, 3.8) is 0 Å². The average molecular weight is 260 g/mol. The molecule has 1 aliphatic carbocycles. The van der Waals surface area contributed by atoms with E-state index in [1.165, 1.54) is 25.7 Å². The first-order valence-electron chi connectivity index (χ1n) is 7.23. The van der Waals surface area contributed by atoms with Crippen LogP contribution in [-0.4, -0.2) is 19.0 Å². The third-order valence-electron chi connectivity index (χ3n) is 4.19. The van der Waals surface area contributed by atoms with E-state index < -0.39 is 0 Å². The van der Waals surface area contributed by atoms with E-state index in [1.807, 2.05) is 18.2 Å². The van der Waals surface area contributed by atoms with Gasteiger partial charge in [0.2, 0.25) is 0 Å². The Morgan fingerprint density at radius 3 is 2.74 bits per heavy atom. The summed E-state index contributed by atoms with van der Waals surface area (Å²) in [4.78, 5) is 11.6. The number of anilines is 1. The fourth-order valence-corrected chi connectivity index (χ4v) is 2.91. The highest BCUT2D eigenvalue weighted by atomic mass is 16.1. The van der Waals surface area contributed by atoms with Crippen LogP contribution in [0.3, 0.4) is 0 Å². The van der Waals surface area contributed by atoms with Gasteiger partial charge in [-0.1, -0.05) is 13.3 Å². The van der Waals surface area contributed by atoms with Gasteiger partial charge in [0.15, 0.2) is 0 Å². The molecule has 1 aliphatic rings. The summed E-state index contributed by atoms with van der Waals surface area (Å²) in [6, 6.07) is 6.46. The summed E-state index contributed by atoms with van der Waals surface area (Å²) >= 11 is 0. The molecule has 1 aromatic carbocycles. The van der Waals surface area contributed by atoms with Crippen LogP contribution >= 0.6 is 0 Å². The minimum Gasteiger partial charge on any atom is -0.382 e. The number of hydrogen-bond donors (Lipinski definition) is 2. The lowest BCUT2D eigenvalue weighted by molar-refractivity contribution is 0.0963. The van der Waals surface area contributed by atoms with Gasteiger partial charge in [0.25, 0.3) is 5.91 Å². The fraction of sp³-hybridized carbons (Fsp3) is 0.562. The van der Waals surface area contributed by atoms with E-state index in [-0.39, 0.29) is 5.91 Å². The summed E-state index contributed by atoms with van der Waals surface area (Å²) in [5.74, 6) is 0.851. The van der Waals surface area contributed by atoms with Crippen molar-refractivity contribution in [2.75, 3.05) is 12.4 Å². The van der Waals surface area contributed by atoms with E-state index in [4.69, 9.17) is 0 Å². The highest BCUT2D eigenvalue weighted by Gasteiger charge is 2.23. The standard InChI is InChI=1S/C16H24N2O/c1-4-12-5-7-14(10-12)18-15-8-6-13(9-11(15)2)16(19)17-3/h6,8-9,12,14,18H,4-5,7,10H2,1-3H3,(H,17,19). The number of aryl methyl sites for hydroxylation is 1. The Balaban J connectivity index is 2.03. The maximum Gasteiger partial charge on any atom is 0.251 e. The summed E-state index contributed by atoms with van der Waals surface area (Å²) in [6.45, 7) is 4.33. The molecule has 0 aromatic heterocycles. The Hall–Kier alpha value is -1.51. The van der Waals surface area contributed by atoms with Crippen molar-refractivity contribution in [3.8, 4) is 0 Å². The van der Waals surface area contributed by atoms with Gasteiger partial charge in [0, 0.05) is 24.3 Å². The third-order valence-corrected chi connectivity index (χ3v) is 4.19. The third kappa shape index (κ3) is 3.28. The zero-order valence-corrected chi connectivity index (χ0v) is 12.1. The topological polar surface area (TPSA) is 41.1 Å². The molecule has 2 N–H and O–H groups in total. The lowest BCUT2D eigenvalue weighted by Gasteiger charge is -2.17. The first kappa shape index (κ1) is 13.9. The molecule has 0 heterocycles. The molecule has 0 spiro atoms. The molecule has 2 atom stereocenters. The van der Waals surface area contributed by atoms with Crippen molar-refractivity contribution in [1.29, 1.82) is 0 Å². The van der Waals surface area contributed by atoms with Gasteiger partial charge in [-0.2, -0.15) is 0 Å². The molecular weight excluding hydrogens is 236 g/mol. The molecule has 1 amide bonds. The van der Waals surface area contributed by atoms with Gasteiger partial charge in [-0.25, -0.2) is 0 Å². The van der Waals surface area contributed by atoms with Gasteiger partial charge in [0.1, 0.15) is 0 Å². The van der Waals surface area contributed by atoms with Crippen LogP contribution in [-0.2, 0) is 0 Å². The molecule has 2 rings (SSSR count). The predicted molar refractivity (Wildman–Crippen MR) is 79.6 cm³/mol. The monoisotopic (exact) mass is 260 g/mol. The lowest BCUT2D eigenvalue weighted by atomic mass is 10.0. The van der Waals surface area contributed by atoms with E-state index in [0.29, 0.717) is 6.04 Å². The number of nitrogens with one attached hydrogen (secondary N) is 2. The molecule has 1 aromatic rings. The highest BCUT2D eigenvalue weighted by molar-refractivity contribution is 5.94. The number of benzene rings is 1. The SMILES string of the molecule is CCC1CCC(Nc2ccc(C(=O)NC)cc2C)C1. The van der Waals surface area contributed by atoms with Gasteiger partial charge < -0.3 is 10.6 Å². The van der Waals surface area contributed by atoms with Crippen molar-refractivity contribution in [2.24, 2.45) is 5.92 Å². The normalized spacial score (nSPS) is 22.3. The maximum absolute atomic E-state index is 11.6. The van der Waals surface area contributed by atoms with E-state index in [2.05, 4.69) is 24.5 Å². The van der Waals surface area contributed by atoms with Crippen LogP contribution < -0.4 is 10.6 Å². The Kier molecular flexibility index (Phi) is 4.46. The highest BCUT2D eigenvalue weighted by Crippen LogP contribution is 2.31. The average Bonchev–Trinajstić information content (AvgIpc) is 2.88. The summed E-state index contributed by atoms with van der Waals surface area (Å²) in [5.41, 5.74) is 3.03. The second-order valence-electron chi connectivity index (χ2n) is 5.54. The lowest BCUT2D eigenvalue weighted by Crippen LogP contribution is -2.19. The number of carbonyl (C=O) groups is 1. The minimum atomic E-state index is -0.0263. The van der Waals surface area contributed by atoms with Crippen LogP contribution in [0.25, 0.3) is 0 Å². The van der Waals surface area contributed by atoms with E-state index in [9.17, 15) is 4.79 Å². The molecule has 3 nitrogen and oxygen atoms in total. The van der Waals surface area contributed by atoms with E-state index >= 15 is 0 Å². The molecule has 0 saturated heterocycles. The first-order chi connectivity index (χ1) is 9.13. The Bertz CT molecular complexity index is 456. The summed E-state index contributed by atoms with van der Waals surface area (Å²) < 4.78 is 0. The van der Waals surface area contributed by atoms with Crippen molar-refractivity contribution >= 4 is 11.6 Å². The molecule has 2 unspecified atom stereocenters. The zero-order chi connectivity index (χ0) is 13.8. The molecule has 0 radical (unpaired) electrons. The maximum atomic E-state index is 11.6.